The summed E-state index contributed by atoms with van der Waals surface area (Å²) in [6.45, 7) is 1.31. The fourth-order valence-corrected chi connectivity index (χ4v) is 5.87. The largest absolute Gasteiger partial charge is 0.394 e. The van der Waals surface area contributed by atoms with Crippen molar-refractivity contribution in [2.45, 2.75) is 45.4 Å². The molecule has 1 aliphatic heterocycles. The molecule has 1 aromatic carbocycles. The molecular weight excluding hydrogens is 496 g/mol. The van der Waals surface area contributed by atoms with Crippen molar-refractivity contribution in [1.82, 2.24) is 18.9 Å². The van der Waals surface area contributed by atoms with Crippen LogP contribution in [0.5, 0.6) is 0 Å². The minimum Gasteiger partial charge on any atom is -0.394 e. The van der Waals surface area contributed by atoms with Crippen molar-refractivity contribution in [3.63, 3.8) is 0 Å². The first-order chi connectivity index (χ1) is 19.0. The molecule has 3 N–H and O–H groups in total. The van der Waals surface area contributed by atoms with Gasteiger partial charge in [0.05, 0.1) is 25.4 Å². The van der Waals surface area contributed by atoms with Gasteiger partial charge in [0.2, 0.25) is 0 Å². The number of carbonyl (C=O) groups excluding carboxylic acids is 1. The second kappa shape index (κ2) is 10.2. The van der Waals surface area contributed by atoms with Gasteiger partial charge in [-0.25, -0.2) is 0 Å². The number of aliphatic hydroxyl groups excluding tert-OH is 2. The van der Waals surface area contributed by atoms with Crippen LogP contribution in [0, 0.1) is 0 Å². The molecule has 0 radical (unpaired) electrons. The van der Waals surface area contributed by atoms with Crippen molar-refractivity contribution in [2.24, 2.45) is 7.05 Å². The van der Waals surface area contributed by atoms with E-state index in [9.17, 15) is 14.7 Å². The third kappa shape index (κ3) is 4.45. The van der Waals surface area contributed by atoms with Crippen LogP contribution in [0.3, 0.4) is 0 Å². The van der Waals surface area contributed by atoms with Gasteiger partial charge in [0.1, 0.15) is 11.4 Å². The summed E-state index contributed by atoms with van der Waals surface area (Å²) in [5.41, 5.74) is 6.18. The summed E-state index contributed by atoms with van der Waals surface area (Å²) in [6, 6.07) is 11.2. The van der Waals surface area contributed by atoms with Crippen LogP contribution in [0.2, 0.25) is 0 Å². The zero-order chi connectivity index (χ0) is 27.1. The molecule has 3 aromatic heterocycles. The number of nitrogens with one attached hydrogen (secondary N) is 1. The Hall–Kier alpha value is -4.15. The van der Waals surface area contributed by atoms with E-state index in [0.717, 1.165) is 49.0 Å². The molecule has 4 heterocycles. The second-order valence-electron chi connectivity index (χ2n) is 10.1. The van der Waals surface area contributed by atoms with Gasteiger partial charge < -0.3 is 29.6 Å². The Kier molecular flexibility index (Phi) is 6.58. The summed E-state index contributed by atoms with van der Waals surface area (Å²) < 4.78 is 5.26. The molecule has 0 atom stereocenters. The molecule has 10 heteroatoms. The minimum absolute atomic E-state index is 0.0354. The van der Waals surface area contributed by atoms with Crippen molar-refractivity contribution >= 4 is 23.1 Å². The number of hydrogen-bond acceptors (Lipinski definition) is 6. The highest BCUT2D eigenvalue weighted by Crippen LogP contribution is 2.35. The highest BCUT2D eigenvalue weighted by Gasteiger charge is 2.31. The van der Waals surface area contributed by atoms with Crippen molar-refractivity contribution in [2.75, 3.05) is 23.4 Å². The molecule has 0 spiro atoms. The van der Waals surface area contributed by atoms with Crippen LogP contribution in [0.25, 0.3) is 11.1 Å². The topological polar surface area (TPSA) is 118 Å². The van der Waals surface area contributed by atoms with E-state index in [1.807, 2.05) is 18.2 Å². The number of aliphatic hydroxyl groups is 2. The van der Waals surface area contributed by atoms with Gasteiger partial charge in [-0.15, -0.1) is 0 Å². The molecule has 202 valence electrons. The van der Waals surface area contributed by atoms with Crippen LogP contribution in [-0.2, 0) is 39.6 Å². The summed E-state index contributed by atoms with van der Waals surface area (Å²) in [7, 11) is 1.67. The van der Waals surface area contributed by atoms with E-state index in [2.05, 4.69) is 21.0 Å². The molecule has 1 aliphatic carbocycles. The normalized spacial score (nSPS) is 14.8. The highest BCUT2D eigenvalue weighted by molar-refractivity contribution is 6.07. The van der Waals surface area contributed by atoms with Crippen molar-refractivity contribution in [3.8, 4) is 11.1 Å². The Labute approximate surface area is 225 Å². The molecular formula is C29H32N6O4. The summed E-state index contributed by atoms with van der Waals surface area (Å²) in [6.07, 6.45) is 7.81. The predicted molar refractivity (Wildman–Crippen MR) is 148 cm³/mol. The van der Waals surface area contributed by atoms with Crippen molar-refractivity contribution in [3.05, 3.63) is 81.7 Å². The standard InChI is InChI=1S/C29H32N6O4/c1-32-17-20(15-23(28(32)38)30-27-9-10-33(31-27)13-14-36)21-6-4-8-25(22(21)18-37)35-12-11-34-24-7-3-2-5-19(24)16-26(34)29(35)39/h4,6,8-10,15-17,36-37H,2-3,5,7,11-14,18H2,1H3,(H,30,31). The number of aromatic nitrogens is 4. The number of benzene rings is 1. The molecule has 4 aromatic rings. The van der Waals surface area contributed by atoms with Gasteiger partial charge in [0.25, 0.3) is 11.5 Å². The molecule has 0 fully saturated rings. The Morgan fingerprint density at radius 3 is 2.72 bits per heavy atom. The number of rotatable bonds is 7. The number of anilines is 3. The number of fused-ring (bicyclic) bond motifs is 3. The van der Waals surface area contributed by atoms with Gasteiger partial charge in [-0.1, -0.05) is 12.1 Å². The smallest absolute Gasteiger partial charge is 0.274 e. The van der Waals surface area contributed by atoms with Crippen molar-refractivity contribution in [1.29, 1.82) is 0 Å². The maximum absolute atomic E-state index is 13.7. The van der Waals surface area contributed by atoms with Crippen LogP contribution in [0.4, 0.5) is 17.2 Å². The number of aryl methyl sites for hydroxylation is 2. The van der Waals surface area contributed by atoms with E-state index in [1.54, 1.807) is 41.2 Å². The number of pyridine rings is 1. The minimum atomic E-state index is -0.260. The average Bonchev–Trinajstić information content (AvgIpc) is 3.56. The third-order valence-electron chi connectivity index (χ3n) is 7.75. The van der Waals surface area contributed by atoms with E-state index in [4.69, 9.17) is 5.11 Å². The van der Waals surface area contributed by atoms with Crippen LogP contribution < -0.4 is 15.8 Å². The summed E-state index contributed by atoms with van der Waals surface area (Å²) in [5.74, 6) is 0.433. The summed E-state index contributed by atoms with van der Waals surface area (Å²) in [5, 5.41) is 27.1. The van der Waals surface area contributed by atoms with Crippen LogP contribution >= 0.6 is 0 Å². The Bertz CT molecular complexity index is 1610. The molecule has 0 bridgehead atoms. The lowest BCUT2D eigenvalue weighted by Crippen LogP contribution is -2.41. The van der Waals surface area contributed by atoms with Gasteiger partial charge in [0.15, 0.2) is 5.82 Å². The monoisotopic (exact) mass is 528 g/mol. The fourth-order valence-electron chi connectivity index (χ4n) is 5.87. The van der Waals surface area contributed by atoms with E-state index < -0.39 is 0 Å². The molecule has 0 saturated heterocycles. The summed E-state index contributed by atoms with van der Waals surface area (Å²) >= 11 is 0. The highest BCUT2D eigenvalue weighted by atomic mass is 16.3. The lowest BCUT2D eigenvalue weighted by atomic mass is 9.98. The molecule has 0 unspecified atom stereocenters. The van der Waals surface area contributed by atoms with E-state index in [1.165, 1.54) is 15.8 Å². The van der Waals surface area contributed by atoms with Gasteiger partial charge >= 0.3 is 0 Å². The van der Waals surface area contributed by atoms with Crippen LogP contribution in [-0.4, -0.2) is 48.2 Å². The molecule has 39 heavy (non-hydrogen) atoms. The van der Waals surface area contributed by atoms with Crippen molar-refractivity contribution < 1.29 is 15.0 Å². The van der Waals surface area contributed by atoms with E-state index in [-0.39, 0.29) is 24.7 Å². The number of amides is 1. The Balaban J connectivity index is 1.36. The molecule has 0 saturated carbocycles. The number of nitrogens with zero attached hydrogens (tertiary/aromatic N) is 5. The molecule has 10 nitrogen and oxygen atoms in total. The van der Waals surface area contributed by atoms with Crippen LogP contribution in [0.1, 0.15) is 40.2 Å². The van der Waals surface area contributed by atoms with Gasteiger partial charge in [-0.3, -0.25) is 14.3 Å². The quantitative estimate of drug-likeness (QED) is 0.340. The predicted octanol–water partition coefficient (Wildman–Crippen LogP) is 2.82. The zero-order valence-electron chi connectivity index (χ0n) is 21.9. The molecule has 6 rings (SSSR count). The summed E-state index contributed by atoms with van der Waals surface area (Å²) in [4.78, 5) is 28.4. The lowest BCUT2D eigenvalue weighted by molar-refractivity contribution is 0.0964. The van der Waals surface area contributed by atoms with E-state index >= 15 is 0 Å². The third-order valence-corrected chi connectivity index (χ3v) is 7.75. The molecule has 2 aliphatic rings. The SMILES string of the molecule is Cn1cc(-c2cccc(N3CCn4c(cc5c4CCCC5)C3=O)c2CO)cc(Nc2ccn(CCO)n2)c1=O. The first-order valence-corrected chi connectivity index (χ1v) is 13.4. The lowest BCUT2D eigenvalue weighted by Gasteiger charge is -2.31. The maximum atomic E-state index is 13.7. The Morgan fingerprint density at radius 2 is 1.90 bits per heavy atom. The Morgan fingerprint density at radius 1 is 1.05 bits per heavy atom. The first kappa shape index (κ1) is 25.1. The number of carbonyl (C=O) groups is 1. The molecule has 1 amide bonds. The second-order valence-corrected chi connectivity index (χ2v) is 10.1. The fraction of sp³-hybridized carbons (Fsp3) is 0.345. The van der Waals surface area contributed by atoms with Gasteiger partial charge in [-0.2, -0.15) is 5.10 Å². The maximum Gasteiger partial charge on any atom is 0.274 e. The zero-order valence-corrected chi connectivity index (χ0v) is 21.9. The van der Waals surface area contributed by atoms with Gasteiger partial charge in [-0.05, 0) is 55.0 Å². The first-order valence-electron chi connectivity index (χ1n) is 13.4. The van der Waals surface area contributed by atoms with E-state index in [0.29, 0.717) is 35.8 Å². The number of hydrogen-bond donors (Lipinski definition) is 3. The average molecular weight is 529 g/mol. The van der Waals surface area contributed by atoms with Crippen LogP contribution in [0.15, 0.2) is 53.6 Å². The van der Waals surface area contributed by atoms with Gasteiger partial charge in [0, 0.05) is 55.4 Å².